The first-order valence-corrected chi connectivity index (χ1v) is 7.31. The second kappa shape index (κ2) is 6.11. The molecular weight excluding hydrogens is 310 g/mol. The molecule has 0 spiro atoms. The van der Waals surface area contributed by atoms with Crippen LogP contribution in [0.15, 0.2) is 52.0 Å². The summed E-state index contributed by atoms with van der Waals surface area (Å²) >= 11 is 0. The average Bonchev–Trinajstić information content (AvgIpc) is 2.97. The number of nitrogens with zero attached hydrogens (tertiary/aromatic N) is 3. The van der Waals surface area contributed by atoms with Gasteiger partial charge >= 0.3 is 0 Å². The molecule has 122 valence electrons. The van der Waals surface area contributed by atoms with Crippen LogP contribution in [0.1, 0.15) is 16.8 Å². The maximum absolute atomic E-state index is 11.8. The lowest BCUT2D eigenvalue weighted by Gasteiger charge is -2.03. The zero-order valence-corrected chi connectivity index (χ0v) is 13.2. The number of benzene rings is 1. The third kappa shape index (κ3) is 3.10. The predicted octanol–water partition coefficient (Wildman–Crippen LogP) is 3.08. The second-order valence-electron chi connectivity index (χ2n) is 5.57. The van der Waals surface area contributed by atoms with Crippen molar-refractivity contribution in [1.82, 2.24) is 9.55 Å². The first-order valence-electron chi connectivity index (χ1n) is 7.31. The molecule has 0 bridgehead atoms. The Hall–Kier alpha value is -3.22. The summed E-state index contributed by atoms with van der Waals surface area (Å²) in [5, 5.41) is 10.8. The van der Waals surface area contributed by atoms with Crippen molar-refractivity contribution in [3.8, 4) is 11.5 Å². The normalized spacial score (nSPS) is 10.8. The lowest BCUT2D eigenvalue weighted by Crippen LogP contribution is -2.19. The number of hydrogen-bond donors (Lipinski definition) is 0. The van der Waals surface area contributed by atoms with Gasteiger partial charge in [-0.05, 0) is 25.5 Å². The van der Waals surface area contributed by atoms with Crippen LogP contribution >= 0.6 is 0 Å². The van der Waals surface area contributed by atoms with Crippen LogP contribution in [0, 0.1) is 24.0 Å². The Labute approximate surface area is 137 Å². The molecule has 0 fully saturated rings. The summed E-state index contributed by atoms with van der Waals surface area (Å²) in [6.45, 7) is 4.08. The summed E-state index contributed by atoms with van der Waals surface area (Å²) in [5.41, 5.74) is 3.09. The summed E-state index contributed by atoms with van der Waals surface area (Å²) < 4.78 is 6.74. The van der Waals surface area contributed by atoms with Crippen molar-refractivity contribution in [3.05, 3.63) is 80.1 Å². The van der Waals surface area contributed by atoms with Crippen LogP contribution in [-0.4, -0.2) is 14.5 Å². The molecule has 0 atom stereocenters. The van der Waals surface area contributed by atoms with E-state index in [4.69, 9.17) is 4.42 Å². The largest absolute Gasteiger partial charge is 0.444 e. The highest BCUT2D eigenvalue weighted by Gasteiger charge is 2.12. The summed E-state index contributed by atoms with van der Waals surface area (Å²) in [7, 11) is 0. The zero-order chi connectivity index (χ0) is 17.3. The first-order chi connectivity index (χ1) is 11.4. The van der Waals surface area contributed by atoms with Gasteiger partial charge in [-0.2, -0.15) is 0 Å². The molecule has 7 nitrogen and oxygen atoms in total. The standard InChI is InChI=1S/C17H15N3O4/c1-11-3-5-15(12(2)7-11)17-18-13(10-24-17)8-19-9-14(20(22)23)4-6-16(19)21/h3-7,9-10H,8H2,1-2H3. The van der Waals surface area contributed by atoms with E-state index in [1.807, 2.05) is 32.0 Å². The molecule has 0 unspecified atom stereocenters. The highest BCUT2D eigenvalue weighted by molar-refractivity contribution is 5.59. The fourth-order valence-corrected chi connectivity index (χ4v) is 2.48. The topological polar surface area (TPSA) is 91.2 Å². The second-order valence-corrected chi connectivity index (χ2v) is 5.57. The van der Waals surface area contributed by atoms with Crippen LogP contribution in [0.2, 0.25) is 0 Å². The van der Waals surface area contributed by atoms with Crippen LogP contribution in [0.5, 0.6) is 0 Å². The van der Waals surface area contributed by atoms with Crippen molar-refractivity contribution in [2.75, 3.05) is 0 Å². The molecule has 1 aromatic carbocycles. The zero-order valence-electron chi connectivity index (χ0n) is 13.2. The van der Waals surface area contributed by atoms with Gasteiger partial charge in [0, 0.05) is 17.7 Å². The smallest absolute Gasteiger partial charge is 0.285 e. The quantitative estimate of drug-likeness (QED) is 0.543. The van der Waals surface area contributed by atoms with Gasteiger partial charge in [0.15, 0.2) is 0 Å². The van der Waals surface area contributed by atoms with E-state index in [0.717, 1.165) is 16.7 Å². The highest BCUT2D eigenvalue weighted by Crippen LogP contribution is 2.23. The monoisotopic (exact) mass is 325 g/mol. The van der Waals surface area contributed by atoms with Crippen LogP contribution in [-0.2, 0) is 6.54 Å². The van der Waals surface area contributed by atoms with E-state index in [2.05, 4.69) is 4.98 Å². The lowest BCUT2D eigenvalue weighted by atomic mass is 10.1. The minimum Gasteiger partial charge on any atom is -0.444 e. The molecule has 0 amide bonds. The molecule has 0 radical (unpaired) electrons. The number of rotatable bonds is 4. The lowest BCUT2D eigenvalue weighted by molar-refractivity contribution is -0.385. The van der Waals surface area contributed by atoms with Crippen LogP contribution in [0.3, 0.4) is 0 Å². The third-order valence-electron chi connectivity index (χ3n) is 3.68. The van der Waals surface area contributed by atoms with Gasteiger partial charge in [0.25, 0.3) is 11.2 Å². The Morgan fingerprint density at radius 2 is 2.04 bits per heavy atom. The van der Waals surface area contributed by atoms with Crippen molar-refractivity contribution < 1.29 is 9.34 Å². The van der Waals surface area contributed by atoms with Gasteiger partial charge < -0.3 is 8.98 Å². The van der Waals surface area contributed by atoms with Crippen molar-refractivity contribution in [2.45, 2.75) is 20.4 Å². The van der Waals surface area contributed by atoms with E-state index in [1.165, 1.54) is 29.2 Å². The van der Waals surface area contributed by atoms with Crippen molar-refractivity contribution in [3.63, 3.8) is 0 Å². The average molecular weight is 325 g/mol. The summed E-state index contributed by atoms with van der Waals surface area (Å²) in [6, 6.07) is 8.29. The van der Waals surface area contributed by atoms with Crippen molar-refractivity contribution in [2.24, 2.45) is 0 Å². The first kappa shape index (κ1) is 15.7. The molecule has 7 heteroatoms. The van der Waals surface area contributed by atoms with Gasteiger partial charge in [0.05, 0.1) is 23.4 Å². The SMILES string of the molecule is Cc1ccc(-c2nc(Cn3cc([N+](=O)[O-])ccc3=O)co2)c(C)c1. The van der Waals surface area contributed by atoms with Gasteiger partial charge in [-0.15, -0.1) is 0 Å². The Kier molecular flexibility index (Phi) is 3.99. The molecular formula is C17H15N3O4. The van der Waals surface area contributed by atoms with Crippen molar-refractivity contribution >= 4 is 5.69 Å². The fourth-order valence-electron chi connectivity index (χ4n) is 2.48. The molecule has 2 aromatic heterocycles. The number of aryl methyl sites for hydroxylation is 2. The summed E-state index contributed by atoms with van der Waals surface area (Å²) in [4.78, 5) is 26.5. The van der Waals surface area contributed by atoms with Gasteiger partial charge in [-0.1, -0.05) is 17.7 Å². The Balaban J connectivity index is 1.91. The molecule has 0 saturated carbocycles. The van der Waals surface area contributed by atoms with E-state index >= 15 is 0 Å². The van der Waals surface area contributed by atoms with Gasteiger partial charge in [0.2, 0.25) is 5.89 Å². The molecule has 0 aliphatic heterocycles. The maximum Gasteiger partial charge on any atom is 0.285 e. The number of oxazole rings is 1. The third-order valence-corrected chi connectivity index (χ3v) is 3.68. The minimum absolute atomic E-state index is 0.106. The van der Waals surface area contributed by atoms with Crippen molar-refractivity contribution in [1.29, 1.82) is 0 Å². The van der Waals surface area contributed by atoms with E-state index in [0.29, 0.717) is 11.6 Å². The predicted molar refractivity (Wildman–Crippen MR) is 87.9 cm³/mol. The molecule has 0 N–H and O–H groups in total. The Bertz CT molecular complexity index is 972. The number of pyridine rings is 1. The Morgan fingerprint density at radius 1 is 1.25 bits per heavy atom. The summed E-state index contributed by atoms with van der Waals surface area (Å²) in [5.74, 6) is 0.459. The van der Waals surface area contributed by atoms with E-state index < -0.39 is 4.92 Å². The number of nitro groups is 1. The molecule has 0 aliphatic rings. The molecule has 3 aromatic rings. The van der Waals surface area contributed by atoms with Gasteiger partial charge in [-0.25, -0.2) is 4.98 Å². The van der Waals surface area contributed by atoms with E-state index in [-0.39, 0.29) is 17.8 Å². The maximum atomic E-state index is 11.8. The fraction of sp³-hybridized carbons (Fsp3) is 0.176. The molecule has 0 saturated heterocycles. The molecule has 24 heavy (non-hydrogen) atoms. The van der Waals surface area contributed by atoms with Gasteiger partial charge in [-0.3, -0.25) is 14.9 Å². The Morgan fingerprint density at radius 3 is 2.75 bits per heavy atom. The number of hydrogen-bond acceptors (Lipinski definition) is 5. The van der Waals surface area contributed by atoms with Crippen LogP contribution in [0.25, 0.3) is 11.5 Å². The summed E-state index contributed by atoms with van der Waals surface area (Å²) in [6.07, 6.45) is 2.66. The van der Waals surface area contributed by atoms with Gasteiger partial charge in [0.1, 0.15) is 6.26 Å². The van der Waals surface area contributed by atoms with E-state index in [1.54, 1.807) is 0 Å². The molecule has 3 rings (SSSR count). The van der Waals surface area contributed by atoms with E-state index in [9.17, 15) is 14.9 Å². The minimum atomic E-state index is -0.542. The number of aromatic nitrogens is 2. The molecule has 0 aliphatic carbocycles. The van der Waals surface area contributed by atoms with Crippen LogP contribution in [0.4, 0.5) is 5.69 Å². The highest BCUT2D eigenvalue weighted by atomic mass is 16.6. The van der Waals surface area contributed by atoms with Crippen LogP contribution < -0.4 is 5.56 Å². The molecule has 2 heterocycles.